The molecule has 1 N–H and O–H groups in total. The lowest BCUT2D eigenvalue weighted by Gasteiger charge is -2.07. The van der Waals surface area contributed by atoms with Gasteiger partial charge in [0.05, 0.1) is 6.20 Å². The van der Waals surface area contributed by atoms with E-state index in [2.05, 4.69) is 19.9 Å². The van der Waals surface area contributed by atoms with Crippen molar-refractivity contribution in [2.24, 2.45) is 0 Å². The molecule has 0 aromatic carbocycles. The summed E-state index contributed by atoms with van der Waals surface area (Å²) >= 11 is 5.67. The minimum absolute atomic E-state index is 0.334. The van der Waals surface area contributed by atoms with Crippen molar-refractivity contribution in [2.45, 2.75) is 0 Å². The van der Waals surface area contributed by atoms with Crippen LogP contribution >= 0.6 is 11.6 Å². The molecule has 0 bridgehead atoms. The Morgan fingerprint density at radius 2 is 2.15 bits per heavy atom. The Bertz CT molecular complexity index is 435. The first-order chi connectivity index (χ1) is 6.16. The third-order valence-corrected chi connectivity index (χ3v) is 1.78. The summed E-state index contributed by atoms with van der Waals surface area (Å²) in [6, 6.07) is 0. The van der Waals surface area contributed by atoms with Crippen LogP contribution < -0.4 is 4.90 Å². The third kappa shape index (κ3) is 1.42. The van der Waals surface area contributed by atoms with Gasteiger partial charge in [-0.05, 0) is 11.6 Å². The van der Waals surface area contributed by atoms with Crippen LogP contribution in [-0.2, 0) is 0 Å². The van der Waals surface area contributed by atoms with E-state index in [9.17, 15) is 0 Å². The third-order valence-electron chi connectivity index (χ3n) is 1.60. The topological polar surface area (TPSA) is 57.7 Å². The van der Waals surface area contributed by atoms with E-state index in [1.54, 1.807) is 6.20 Å². The SMILES string of the molecule is CN(C)c1ncc2[nH]c(Cl)nc2n1. The molecule has 68 valence electrons. The molecule has 0 aliphatic carbocycles. The number of nitrogens with one attached hydrogen (secondary N) is 1. The lowest BCUT2D eigenvalue weighted by Crippen LogP contribution is -2.12. The van der Waals surface area contributed by atoms with E-state index in [-0.39, 0.29) is 0 Å². The summed E-state index contributed by atoms with van der Waals surface area (Å²) in [5, 5.41) is 0.334. The monoisotopic (exact) mass is 197 g/mol. The van der Waals surface area contributed by atoms with Crippen molar-refractivity contribution < 1.29 is 0 Å². The van der Waals surface area contributed by atoms with Crippen LogP contribution in [0.15, 0.2) is 6.20 Å². The molecule has 13 heavy (non-hydrogen) atoms. The highest BCUT2D eigenvalue weighted by Gasteiger charge is 2.05. The normalized spacial score (nSPS) is 10.7. The number of hydrogen-bond donors (Lipinski definition) is 1. The minimum atomic E-state index is 0.334. The van der Waals surface area contributed by atoms with Crippen LogP contribution in [0.5, 0.6) is 0 Å². The van der Waals surface area contributed by atoms with Crippen molar-refractivity contribution in [2.75, 3.05) is 19.0 Å². The Hall–Kier alpha value is -1.36. The summed E-state index contributed by atoms with van der Waals surface area (Å²) in [6.07, 6.45) is 1.66. The second-order valence-corrected chi connectivity index (χ2v) is 3.19. The quantitative estimate of drug-likeness (QED) is 0.695. The number of nitrogens with zero attached hydrogens (tertiary/aromatic N) is 4. The van der Waals surface area contributed by atoms with Gasteiger partial charge in [-0.15, -0.1) is 0 Å². The number of fused-ring (bicyclic) bond motifs is 1. The van der Waals surface area contributed by atoms with Crippen LogP contribution in [0.4, 0.5) is 5.95 Å². The first kappa shape index (κ1) is 8.25. The Balaban J connectivity index is 2.61. The van der Waals surface area contributed by atoms with E-state index >= 15 is 0 Å². The van der Waals surface area contributed by atoms with Gasteiger partial charge < -0.3 is 9.88 Å². The molecule has 5 nitrogen and oxygen atoms in total. The summed E-state index contributed by atoms with van der Waals surface area (Å²) in [6.45, 7) is 0. The number of H-pyrrole nitrogens is 1. The maximum atomic E-state index is 5.67. The Morgan fingerprint density at radius 1 is 1.38 bits per heavy atom. The fraction of sp³-hybridized carbons (Fsp3) is 0.286. The maximum absolute atomic E-state index is 5.67. The molecule has 0 fully saturated rings. The van der Waals surface area contributed by atoms with E-state index in [0.29, 0.717) is 16.9 Å². The zero-order valence-corrected chi connectivity index (χ0v) is 8.00. The molecule has 2 aromatic rings. The van der Waals surface area contributed by atoms with Crippen molar-refractivity contribution in [1.82, 2.24) is 19.9 Å². The molecule has 0 aliphatic rings. The van der Waals surface area contributed by atoms with Crippen molar-refractivity contribution in [3.8, 4) is 0 Å². The van der Waals surface area contributed by atoms with Crippen LogP contribution in [0.2, 0.25) is 5.28 Å². The highest BCUT2D eigenvalue weighted by atomic mass is 35.5. The van der Waals surface area contributed by atoms with Gasteiger partial charge in [-0.25, -0.2) is 4.98 Å². The number of hydrogen-bond acceptors (Lipinski definition) is 4. The first-order valence-electron chi connectivity index (χ1n) is 3.72. The smallest absolute Gasteiger partial charge is 0.226 e. The first-order valence-corrected chi connectivity index (χ1v) is 4.10. The largest absolute Gasteiger partial charge is 0.347 e. The van der Waals surface area contributed by atoms with Gasteiger partial charge in [-0.1, -0.05) is 0 Å². The highest BCUT2D eigenvalue weighted by Crippen LogP contribution is 2.13. The molecule has 0 amide bonds. The molecular weight excluding hydrogens is 190 g/mol. The predicted octanol–water partition coefficient (Wildman–Crippen LogP) is 1.07. The van der Waals surface area contributed by atoms with Crippen molar-refractivity contribution in [1.29, 1.82) is 0 Å². The van der Waals surface area contributed by atoms with Crippen molar-refractivity contribution in [3.05, 3.63) is 11.5 Å². The molecule has 6 heteroatoms. The van der Waals surface area contributed by atoms with E-state index < -0.39 is 0 Å². The van der Waals surface area contributed by atoms with Gasteiger partial charge >= 0.3 is 0 Å². The van der Waals surface area contributed by atoms with E-state index in [1.165, 1.54) is 0 Å². The zero-order chi connectivity index (χ0) is 9.42. The van der Waals surface area contributed by atoms with Crippen molar-refractivity contribution >= 4 is 28.7 Å². The summed E-state index contributed by atoms with van der Waals surface area (Å²) in [4.78, 5) is 16.9. The molecule has 0 spiro atoms. The standard InChI is InChI=1S/C7H8ClN5/c1-13(2)7-9-3-4-5(12-7)11-6(8)10-4/h3H,1-2H3,(H,9,10,11,12). The number of halogens is 1. The number of imidazole rings is 1. The predicted molar refractivity (Wildman–Crippen MR) is 51.0 cm³/mol. The Kier molecular flexibility index (Phi) is 1.81. The molecule has 2 aromatic heterocycles. The fourth-order valence-electron chi connectivity index (χ4n) is 0.985. The fourth-order valence-corrected chi connectivity index (χ4v) is 1.17. The average molecular weight is 198 g/mol. The molecule has 2 heterocycles. The molecular formula is C7H8ClN5. The number of aromatic nitrogens is 4. The lowest BCUT2D eigenvalue weighted by atomic mass is 10.5. The summed E-state index contributed by atoms with van der Waals surface area (Å²) < 4.78 is 0. The molecule has 2 rings (SSSR count). The Morgan fingerprint density at radius 3 is 2.85 bits per heavy atom. The van der Waals surface area contributed by atoms with Gasteiger partial charge in [0.15, 0.2) is 5.65 Å². The van der Waals surface area contributed by atoms with Crippen LogP contribution in [0.3, 0.4) is 0 Å². The van der Waals surface area contributed by atoms with E-state index in [0.717, 1.165) is 5.52 Å². The van der Waals surface area contributed by atoms with Gasteiger partial charge in [0.1, 0.15) is 5.52 Å². The van der Waals surface area contributed by atoms with Crippen LogP contribution in [0, 0.1) is 0 Å². The van der Waals surface area contributed by atoms with E-state index in [1.807, 2.05) is 19.0 Å². The van der Waals surface area contributed by atoms with Gasteiger partial charge in [-0.2, -0.15) is 9.97 Å². The molecule has 0 atom stereocenters. The minimum Gasteiger partial charge on any atom is -0.347 e. The summed E-state index contributed by atoms with van der Waals surface area (Å²) in [5.74, 6) is 0.621. The number of rotatable bonds is 1. The number of anilines is 1. The van der Waals surface area contributed by atoms with Gasteiger partial charge in [0.25, 0.3) is 0 Å². The maximum Gasteiger partial charge on any atom is 0.226 e. The number of aromatic amines is 1. The van der Waals surface area contributed by atoms with Crippen LogP contribution in [0.25, 0.3) is 11.2 Å². The Labute approximate surface area is 79.8 Å². The average Bonchev–Trinajstić information content (AvgIpc) is 2.42. The van der Waals surface area contributed by atoms with E-state index in [4.69, 9.17) is 11.6 Å². The summed E-state index contributed by atoms with van der Waals surface area (Å²) in [7, 11) is 3.74. The zero-order valence-electron chi connectivity index (χ0n) is 7.24. The van der Waals surface area contributed by atoms with Gasteiger partial charge in [0, 0.05) is 14.1 Å². The second kappa shape index (κ2) is 2.85. The van der Waals surface area contributed by atoms with Crippen molar-refractivity contribution in [3.63, 3.8) is 0 Å². The molecule has 0 saturated carbocycles. The molecule has 0 unspecified atom stereocenters. The van der Waals surface area contributed by atoms with Crippen LogP contribution in [-0.4, -0.2) is 34.0 Å². The summed E-state index contributed by atoms with van der Waals surface area (Å²) in [5.41, 5.74) is 1.33. The second-order valence-electron chi connectivity index (χ2n) is 2.83. The molecule has 0 saturated heterocycles. The highest BCUT2D eigenvalue weighted by molar-refractivity contribution is 6.28. The molecule has 0 aliphatic heterocycles. The molecule has 0 radical (unpaired) electrons. The lowest BCUT2D eigenvalue weighted by molar-refractivity contribution is 1.01. The van der Waals surface area contributed by atoms with Crippen LogP contribution in [0.1, 0.15) is 0 Å². The van der Waals surface area contributed by atoms with Gasteiger partial charge in [0.2, 0.25) is 11.2 Å². The van der Waals surface area contributed by atoms with Gasteiger partial charge in [-0.3, -0.25) is 0 Å².